The first-order valence-electron chi connectivity index (χ1n) is 10.4. The van der Waals surface area contributed by atoms with Gasteiger partial charge in [0.25, 0.3) is 0 Å². The molecule has 32 heavy (non-hydrogen) atoms. The lowest BCUT2D eigenvalue weighted by molar-refractivity contribution is -0.127. The zero-order valence-corrected chi connectivity index (χ0v) is 21.9. The minimum Gasteiger partial charge on any atom is -0.493 e. The van der Waals surface area contributed by atoms with Gasteiger partial charge in [-0.2, -0.15) is 0 Å². The Morgan fingerprint density at radius 3 is 2.31 bits per heavy atom. The molecule has 1 unspecified atom stereocenters. The van der Waals surface area contributed by atoms with Gasteiger partial charge >= 0.3 is 0 Å². The predicted octanol–water partition coefficient (Wildman–Crippen LogP) is 3.32. The highest BCUT2D eigenvalue weighted by atomic mass is 127. The van der Waals surface area contributed by atoms with E-state index in [1.807, 2.05) is 42.5 Å². The average molecular weight is 554 g/mol. The number of hydrogen-bond acceptors (Lipinski definition) is 4. The van der Waals surface area contributed by atoms with Gasteiger partial charge in [0, 0.05) is 20.6 Å². The number of rotatable bonds is 10. The molecule has 8 heteroatoms. The summed E-state index contributed by atoms with van der Waals surface area (Å²) in [4.78, 5) is 18.2. The lowest BCUT2D eigenvalue weighted by Gasteiger charge is -2.18. The summed E-state index contributed by atoms with van der Waals surface area (Å²) in [5, 5.41) is 6.50. The third kappa shape index (κ3) is 9.33. The van der Waals surface area contributed by atoms with Crippen LogP contribution in [-0.2, 0) is 17.8 Å². The standard InChI is InChI=1S/C24H34N4O3.HI/c1-18(13-20-11-12-21(30-4)22(14-20)31-5)15-25-24(27-17-23(29)28(2)3)26-16-19-9-7-6-8-10-19;/h6-12,14,18H,13,15-17H2,1-5H3,(H2,25,26,27);1H. The van der Waals surface area contributed by atoms with Crippen LogP contribution < -0.4 is 20.1 Å². The molecule has 0 aliphatic carbocycles. The van der Waals surface area contributed by atoms with Crippen LogP contribution in [0, 0.1) is 5.92 Å². The van der Waals surface area contributed by atoms with Crippen LogP contribution >= 0.6 is 24.0 Å². The van der Waals surface area contributed by atoms with Crippen molar-refractivity contribution in [2.75, 3.05) is 41.4 Å². The number of carbonyl (C=O) groups excluding carboxylic acids is 1. The first-order chi connectivity index (χ1) is 14.9. The Hall–Kier alpha value is -2.49. The van der Waals surface area contributed by atoms with Crippen LogP contribution in [0.4, 0.5) is 0 Å². The van der Waals surface area contributed by atoms with Crippen molar-refractivity contribution in [2.24, 2.45) is 10.9 Å². The molecule has 0 spiro atoms. The number of nitrogens with zero attached hydrogens (tertiary/aromatic N) is 2. The highest BCUT2D eigenvalue weighted by Crippen LogP contribution is 2.28. The number of carbonyl (C=O) groups is 1. The first kappa shape index (κ1) is 27.5. The lowest BCUT2D eigenvalue weighted by atomic mass is 10.0. The van der Waals surface area contributed by atoms with Crippen LogP contribution in [0.3, 0.4) is 0 Å². The van der Waals surface area contributed by atoms with Crippen LogP contribution in [0.2, 0.25) is 0 Å². The summed E-state index contributed by atoms with van der Waals surface area (Å²) in [5.74, 6) is 2.41. The van der Waals surface area contributed by atoms with E-state index in [1.165, 1.54) is 5.56 Å². The van der Waals surface area contributed by atoms with Crippen molar-refractivity contribution in [1.82, 2.24) is 15.5 Å². The topological polar surface area (TPSA) is 75.2 Å². The van der Waals surface area contributed by atoms with Crippen molar-refractivity contribution in [1.29, 1.82) is 0 Å². The van der Waals surface area contributed by atoms with E-state index in [-0.39, 0.29) is 36.4 Å². The minimum absolute atomic E-state index is 0. The molecule has 1 atom stereocenters. The van der Waals surface area contributed by atoms with Gasteiger partial charge in [-0.25, -0.2) is 4.99 Å². The maximum Gasteiger partial charge on any atom is 0.241 e. The number of hydrogen-bond donors (Lipinski definition) is 2. The molecule has 0 aliphatic rings. The molecule has 176 valence electrons. The Labute approximate surface area is 208 Å². The van der Waals surface area contributed by atoms with Crippen molar-refractivity contribution in [3.8, 4) is 11.5 Å². The number of guanidine groups is 1. The van der Waals surface area contributed by atoms with Gasteiger partial charge in [0.15, 0.2) is 17.5 Å². The molecular weight excluding hydrogens is 519 g/mol. The maximum atomic E-state index is 12.0. The summed E-state index contributed by atoms with van der Waals surface area (Å²) < 4.78 is 10.7. The summed E-state index contributed by atoms with van der Waals surface area (Å²) in [5.41, 5.74) is 2.28. The summed E-state index contributed by atoms with van der Waals surface area (Å²) in [7, 11) is 6.75. The Morgan fingerprint density at radius 2 is 1.69 bits per heavy atom. The van der Waals surface area contributed by atoms with Gasteiger partial charge in [-0.1, -0.05) is 43.3 Å². The number of ether oxygens (including phenoxy) is 2. The second-order valence-electron chi connectivity index (χ2n) is 7.67. The molecule has 0 aliphatic heterocycles. The zero-order chi connectivity index (χ0) is 22.6. The van der Waals surface area contributed by atoms with Gasteiger partial charge in [0.1, 0.15) is 0 Å². The number of aliphatic imine (C=N–C) groups is 1. The fourth-order valence-electron chi connectivity index (χ4n) is 3.00. The highest BCUT2D eigenvalue weighted by molar-refractivity contribution is 14.0. The van der Waals surface area contributed by atoms with Gasteiger partial charge in [-0.15, -0.1) is 24.0 Å². The summed E-state index contributed by atoms with van der Waals surface area (Å²) in [6.07, 6.45) is 0.871. The van der Waals surface area contributed by atoms with Crippen molar-refractivity contribution in [3.05, 3.63) is 59.7 Å². The van der Waals surface area contributed by atoms with E-state index >= 15 is 0 Å². The first-order valence-corrected chi connectivity index (χ1v) is 10.4. The fraction of sp³-hybridized carbons (Fsp3) is 0.417. The van der Waals surface area contributed by atoms with E-state index < -0.39 is 0 Å². The zero-order valence-electron chi connectivity index (χ0n) is 19.6. The van der Waals surface area contributed by atoms with Gasteiger partial charge in [-0.3, -0.25) is 4.79 Å². The van der Waals surface area contributed by atoms with E-state index in [4.69, 9.17) is 9.47 Å². The van der Waals surface area contributed by atoms with Crippen molar-refractivity contribution >= 4 is 35.8 Å². The Morgan fingerprint density at radius 1 is 1.00 bits per heavy atom. The number of halogens is 1. The number of amides is 1. The van der Waals surface area contributed by atoms with Gasteiger partial charge < -0.3 is 25.0 Å². The second-order valence-corrected chi connectivity index (χ2v) is 7.67. The molecule has 0 saturated heterocycles. The van der Waals surface area contributed by atoms with Gasteiger partial charge in [0.2, 0.25) is 5.91 Å². The Kier molecular flexibility index (Phi) is 12.5. The van der Waals surface area contributed by atoms with Gasteiger partial charge in [0.05, 0.1) is 27.3 Å². The molecule has 1 amide bonds. The van der Waals surface area contributed by atoms with Gasteiger partial charge in [-0.05, 0) is 35.6 Å². The number of nitrogens with one attached hydrogen (secondary N) is 2. The number of likely N-dealkylation sites (N-methyl/N-ethyl adjacent to an activating group) is 1. The molecule has 2 aromatic carbocycles. The van der Waals surface area contributed by atoms with E-state index in [0.717, 1.165) is 23.5 Å². The van der Waals surface area contributed by atoms with E-state index in [2.05, 4.69) is 28.6 Å². The molecule has 0 aromatic heterocycles. The van der Waals surface area contributed by atoms with E-state index in [0.29, 0.717) is 25.0 Å². The molecule has 2 rings (SSSR count). The largest absolute Gasteiger partial charge is 0.493 e. The average Bonchev–Trinajstić information content (AvgIpc) is 2.78. The molecule has 0 fully saturated rings. The highest BCUT2D eigenvalue weighted by Gasteiger charge is 2.10. The van der Waals surface area contributed by atoms with Crippen LogP contribution in [0.15, 0.2) is 53.5 Å². The molecule has 0 saturated carbocycles. The molecular formula is C24H35IN4O3. The Balaban J connectivity index is 0.00000512. The normalized spacial score (nSPS) is 11.7. The van der Waals surface area contributed by atoms with Crippen LogP contribution in [0.5, 0.6) is 11.5 Å². The van der Waals surface area contributed by atoms with Crippen LogP contribution in [0.25, 0.3) is 0 Å². The molecule has 2 aromatic rings. The molecule has 0 bridgehead atoms. The quantitative estimate of drug-likeness (QED) is 0.268. The smallest absolute Gasteiger partial charge is 0.241 e. The second kappa shape index (κ2) is 14.5. The molecule has 0 heterocycles. The van der Waals surface area contributed by atoms with E-state index in [9.17, 15) is 4.79 Å². The lowest BCUT2D eigenvalue weighted by Crippen LogP contribution is -2.44. The number of methoxy groups -OCH3 is 2. The minimum atomic E-state index is -0.00686. The molecule has 0 radical (unpaired) electrons. The third-order valence-corrected chi connectivity index (χ3v) is 4.82. The SMILES string of the molecule is COc1ccc(CC(C)CNC(=NCc2ccccc2)NCC(=O)N(C)C)cc1OC.I. The summed E-state index contributed by atoms with van der Waals surface area (Å²) >= 11 is 0. The Bertz CT molecular complexity index is 860. The van der Waals surface area contributed by atoms with Crippen LogP contribution in [-0.4, -0.2) is 58.2 Å². The predicted molar refractivity (Wildman–Crippen MR) is 140 cm³/mol. The van der Waals surface area contributed by atoms with Crippen molar-refractivity contribution in [3.63, 3.8) is 0 Å². The third-order valence-electron chi connectivity index (χ3n) is 4.82. The van der Waals surface area contributed by atoms with Crippen molar-refractivity contribution < 1.29 is 14.3 Å². The van der Waals surface area contributed by atoms with Crippen LogP contribution in [0.1, 0.15) is 18.1 Å². The van der Waals surface area contributed by atoms with Crippen molar-refractivity contribution in [2.45, 2.75) is 19.9 Å². The van der Waals surface area contributed by atoms with E-state index in [1.54, 1.807) is 33.2 Å². The molecule has 2 N–H and O–H groups in total. The monoisotopic (exact) mass is 554 g/mol. The summed E-state index contributed by atoms with van der Waals surface area (Å²) in [6.45, 7) is 3.61. The molecule has 7 nitrogen and oxygen atoms in total. The fourth-order valence-corrected chi connectivity index (χ4v) is 3.00. The number of benzene rings is 2. The summed E-state index contributed by atoms with van der Waals surface area (Å²) in [6, 6.07) is 16.0. The maximum absolute atomic E-state index is 12.0.